The van der Waals surface area contributed by atoms with E-state index in [0.29, 0.717) is 5.75 Å². The number of anilines is 2. The van der Waals surface area contributed by atoms with Crippen molar-refractivity contribution < 1.29 is 19.2 Å². The third kappa shape index (κ3) is 3.89. The lowest BCUT2D eigenvalue weighted by Crippen LogP contribution is -2.28. The van der Waals surface area contributed by atoms with Crippen LogP contribution in [0.15, 0.2) is 42.5 Å². The molecular formula is C19H19N3O5. The molecule has 2 aromatic rings. The smallest absolute Gasteiger partial charge is 0.293 e. The van der Waals surface area contributed by atoms with Crippen LogP contribution >= 0.6 is 0 Å². The predicted molar refractivity (Wildman–Crippen MR) is 99.9 cm³/mol. The fourth-order valence-electron chi connectivity index (χ4n) is 2.99. The van der Waals surface area contributed by atoms with Gasteiger partial charge in [-0.05, 0) is 25.1 Å². The van der Waals surface area contributed by atoms with Crippen LogP contribution in [-0.4, -0.2) is 30.4 Å². The second-order valence-electron chi connectivity index (χ2n) is 6.37. The molecule has 1 N–H and O–H groups in total. The van der Waals surface area contributed by atoms with E-state index in [4.69, 9.17) is 4.74 Å². The first kappa shape index (κ1) is 18.4. The lowest BCUT2D eigenvalue weighted by atomic mass is 10.1. The Morgan fingerprint density at radius 2 is 1.96 bits per heavy atom. The van der Waals surface area contributed by atoms with Crippen LogP contribution in [0.5, 0.6) is 5.75 Å². The van der Waals surface area contributed by atoms with Crippen LogP contribution < -0.4 is 15.0 Å². The van der Waals surface area contributed by atoms with Crippen molar-refractivity contribution in [2.75, 3.05) is 23.9 Å². The summed E-state index contributed by atoms with van der Waals surface area (Å²) < 4.78 is 5.06. The number of benzene rings is 2. The van der Waals surface area contributed by atoms with E-state index >= 15 is 0 Å². The molecule has 1 aliphatic rings. The number of ether oxygens (including phenoxy) is 1. The lowest BCUT2D eigenvalue weighted by Gasteiger charge is -2.17. The van der Waals surface area contributed by atoms with Crippen LogP contribution in [0.1, 0.15) is 12.0 Å². The van der Waals surface area contributed by atoms with Crippen LogP contribution in [0.3, 0.4) is 0 Å². The quantitative estimate of drug-likeness (QED) is 0.645. The molecule has 1 saturated heterocycles. The van der Waals surface area contributed by atoms with Crippen molar-refractivity contribution in [1.82, 2.24) is 0 Å². The van der Waals surface area contributed by atoms with E-state index in [1.165, 1.54) is 25.3 Å². The summed E-state index contributed by atoms with van der Waals surface area (Å²) in [5, 5.41) is 13.8. The van der Waals surface area contributed by atoms with Crippen molar-refractivity contribution in [2.45, 2.75) is 13.3 Å². The Balaban J connectivity index is 1.77. The number of carbonyl (C=O) groups excluding carboxylic acids is 2. The molecular weight excluding hydrogens is 350 g/mol. The number of nitro groups is 1. The fourth-order valence-corrected chi connectivity index (χ4v) is 2.99. The van der Waals surface area contributed by atoms with Crippen LogP contribution in [0, 0.1) is 23.0 Å². The molecule has 0 bridgehead atoms. The second kappa shape index (κ2) is 7.45. The molecule has 2 amide bonds. The Bertz CT molecular complexity index is 895. The fraction of sp³-hybridized carbons (Fsp3) is 0.263. The van der Waals surface area contributed by atoms with Crippen LogP contribution in [0.2, 0.25) is 0 Å². The molecule has 0 saturated carbocycles. The standard InChI is InChI=1S/C19H19N3O5/c1-12-3-5-14(6-4-12)21-11-13(9-18(21)23)19(24)20-16-10-15(27-2)7-8-17(16)22(25)26/h3-8,10,13H,9,11H2,1-2H3,(H,20,24)/t13-/m0/s1. The first-order valence-electron chi connectivity index (χ1n) is 8.39. The van der Waals surface area contributed by atoms with Gasteiger partial charge in [-0.1, -0.05) is 17.7 Å². The van der Waals surface area contributed by atoms with Gasteiger partial charge in [-0.2, -0.15) is 0 Å². The van der Waals surface area contributed by atoms with Crippen LogP contribution in [-0.2, 0) is 9.59 Å². The van der Waals surface area contributed by atoms with Crippen molar-refractivity contribution >= 4 is 28.9 Å². The third-order valence-corrected chi connectivity index (χ3v) is 4.50. The number of nitrogens with zero attached hydrogens (tertiary/aromatic N) is 2. The first-order chi connectivity index (χ1) is 12.9. The summed E-state index contributed by atoms with van der Waals surface area (Å²) in [6.07, 6.45) is 0.0531. The molecule has 8 nitrogen and oxygen atoms in total. The highest BCUT2D eigenvalue weighted by Crippen LogP contribution is 2.31. The minimum Gasteiger partial charge on any atom is -0.497 e. The number of nitrogens with one attached hydrogen (secondary N) is 1. The van der Waals surface area contributed by atoms with Crippen LogP contribution in [0.25, 0.3) is 0 Å². The Morgan fingerprint density at radius 1 is 1.26 bits per heavy atom. The molecule has 27 heavy (non-hydrogen) atoms. The number of nitro benzene ring substituents is 1. The monoisotopic (exact) mass is 369 g/mol. The van der Waals surface area contributed by atoms with Crippen molar-refractivity contribution in [1.29, 1.82) is 0 Å². The number of carbonyl (C=O) groups is 2. The first-order valence-corrected chi connectivity index (χ1v) is 8.39. The summed E-state index contributed by atoms with van der Waals surface area (Å²) in [4.78, 5) is 37.1. The summed E-state index contributed by atoms with van der Waals surface area (Å²) in [5.41, 5.74) is 1.62. The van der Waals surface area contributed by atoms with Crippen molar-refractivity contribution in [3.8, 4) is 5.75 Å². The average Bonchev–Trinajstić information content (AvgIpc) is 3.04. The summed E-state index contributed by atoms with van der Waals surface area (Å²) in [7, 11) is 1.43. The molecule has 1 atom stereocenters. The molecule has 0 radical (unpaired) electrons. The molecule has 1 heterocycles. The molecule has 1 fully saturated rings. The Labute approximate surface area is 155 Å². The number of methoxy groups -OCH3 is 1. The highest BCUT2D eigenvalue weighted by Gasteiger charge is 2.35. The molecule has 2 aromatic carbocycles. The minimum atomic E-state index is -0.593. The molecule has 0 unspecified atom stereocenters. The zero-order chi connectivity index (χ0) is 19.6. The molecule has 0 spiro atoms. The van der Waals surface area contributed by atoms with Gasteiger partial charge in [-0.25, -0.2) is 0 Å². The van der Waals surface area contributed by atoms with E-state index in [1.807, 2.05) is 31.2 Å². The van der Waals surface area contributed by atoms with Crippen LogP contribution in [0.4, 0.5) is 17.1 Å². The van der Waals surface area contributed by atoms with Gasteiger partial charge in [-0.3, -0.25) is 19.7 Å². The van der Waals surface area contributed by atoms with Gasteiger partial charge in [0.25, 0.3) is 5.69 Å². The highest BCUT2D eigenvalue weighted by atomic mass is 16.6. The zero-order valence-corrected chi connectivity index (χ0v) is 15.0. The second-order valence-corrected chi connectivity index (χ2v) is 6.37. The van der Waals surface area contributed by atoms with Gasteiger partial charge in [0.15, 0.2) is 0 Å². The maximum atomic E-state index is 12.6. The van der Waals surface area contributed by atoms with E-state index < -0.39 is 16.7 Å². The summed E-state index contributed by atoms with van der Waals surface area (Å²) in [5.74, 6) is -0.794. The molecule has 3 rings (SSSR count). The van der Waals surface area contributed by atoms with Gasteiger partial charge in [-0.15, -0.1) is 0 Å². The normalized spacial score (nSPS) is 16.3. The lowest BCUT2D eigenvalue weighted by molar-refractivity contribution is -0.383. The van der Waals surface area contributed by atoms with Crippen molar-refractivity contribution in [3.63, 3.8) is 0 Å². The molecule has 0 aromatic heterocycles. The van der Waals surface area contributed by atoms with Gasteiger partial charge >= 0.3 is 0 Å². The van der Waals surface area contributed by atoms with Crippen molar-refractivity contribution in [2.24, 2.45) is 5.92 Å². The molecule has 0 aliphatic carbocycles. The van der Waals surface area contributed by atoms with Gasteiger partial charge < -0.3 is 15.0 Å². The van der Waals surface area contributed by atoms with E-state index in [0.717, 1.165) is 11.3 Å². The Morgan fingerprint density at radius 3 is 2.59 bits per heavy atom. The van der Waals surface area contributed by atoms with Gasteiger partial charge in [0, 0.05) is 30.8 Å². The predicted octanol–water partition coefficient (Wildman–Crippen LogP) is 2.90. The number of rotatable bonds is 5. The number of hydrogen-bond donors (Lipinski definition) is 1. The van der Waals surface area contributed by atoms with E-state index in [1.54, 1.807) is 4.90 Å². The summed E-state index contributed by atoms with van der Waals surface area (Å²) in [6, 6.07) is 11.6. The zero-order valence-electron chi connectivity index (χ0n) is 15.0. The van der Waals surface area contributed by atoms with Gasteiger partial charge in [0.1, 0.15) is 11.4 Å². The third-order valence-electron chi connectivity index (χ3n) is 4.50. The van der Waals surface area contributed by atoms with E-state index in [9.17, 15) is 19.7 Å². The minimum absolute atomic E-state index is 0.0468. The van der Waals surface area contributed by atoms with E-state index in [2.05, 4.69) is 5.32 Å². The maximum Gasteiger partial charge on any atom is 0.293 e. The van der Waals surface area contributed by atoms with E-state index in [-0.39, 0.29) is 30.2 Å². The highest BCUT2D eigenvalue weighted by molar-refractivity contribution is 6.04. The summed E-state index contributed by atoms with van der Waals surface area (Å²) >= 11 is 0. The maximum absolute atomic E-state index is 12.6. The Hall–Kier alpha value is -3.42. The summed E-state index contributed by atoms with van der Waals surface area (Å²) in [6.45, 7) is 2.18. The molecule has 140 valence electrons. The largest absolute Gasteiger partial charge is 0.497 e. The van der Waals surface area contributed by atoms with Gasteiger partial charge in [0.05, 0.1) is 18.0 Å². The Kier molecular flexibility index (Phi) is 5.07. The van der Waals surface area contributed by atoms with Crippen molar-refractivity contribution in [3.05, 3.63) is 58.1 Å². The average molecular weight is 369 g/mol. The SMILES string of the molecule is COc1ccc([N+](=O)[O-])c(NC(=O)[C@H]2CC(=O)N(c3ccc(C)cc3)C2)c1. The molecule has 1 aliphatic heterocycles. The number of aryl methyl sites for hydroxylation is 1. The topological polar surface area (TPSA) is 102 Å². The number of amides is 2. The number of hydrogen-bond acceptors (Lipinski definition) is 5. The van der Waals surface area contributed by atoms with Gasteiger partial charge in [0.2, 0.25) is 11.8 Å². The molecule has 8 heteroatoms.